The van der Waals surface area contributed by atoms with Crippen molar-refractivity contribution in [2.45, 2.75) is 20.8 Å². The minimum Gasteiger partial charge on any atom is -0.370 e. The maximum Gasteiger partial charge on any atom is 0.561 e. The van der Waals surface area contributed by atoms with Crippen LogP contribution in [0, 0.1) is 0 Å². The summed E-state index contributed by atoms with van der Waals surface area (Å²) in [5.74, 6) is 5.94. The standard InChI is InChI=1S/C9H25N2O3Si/c1-6-12-15(13-7-2,14-8-3)9-11(4,5)10/h6-10H2,1-5H3/q+1. The molecule has 0 radical (unpaired) electrons. The van der Waals surface area contributed by atoms with Gasteiger partial charge in [0.25, 0.3) is 0 Å². The van der Waals surface area contributed by atoms with E-state index < -0.39 is 8.80 Å². The summed E-state index contributed by atoms with van der Waals surface area (Å²) in [4.78, 5) is 0. The molecule has 15 heavy (non-hydrogen) atoms. The molecule has 0 heterocycles. The van der Waals surface area contributed by atoms with Crippen molar-refractivity contribution in [3.8, 4) is 0 Å². The molecule has 0 bridgehead atoms. The van der Waals surface area contributed by atoms with Gasteiger partial charge in [0.05, 0.1) is 14.1 Å². The molecule has 92 valence electrons. The number of nitrogens with zero attached hydrogens (tertiary/aromatic N) is 1. The van der Waals surface area contributed by atoms with E-state index in [1.54, 1.807) is 0 Å². The van der Waals surface area contributed by atoms with E-state index >= 15 is 0 Å². The van der Waals surface area contributed by atoms with Crippen LogP contribution in [-0.2, 0) is 13.3 Å². The molecule has 0 saturated carbocycles. The van der Waals surface area contributed by atoms with E-state index in [4.69, 9.17) is 19.1 Å². The molecule has 0 aliphatic rings. The minimum absolute atomic E-state index is 0.298. The van der Waals surface area contributed by atoms with Crippen LogP contribution in [0.4, 0.5) is 0 Å². The average Bonchev–Trinajstić information content (AvgIpc) is 2.01. The molecule has 2 N–H and O–H groups in total. The largest absolute Gasteiger partial charge is 0.561 e. The van der Waals surface area contributed by atoms with Gasteiger partial charge < -0.3 is 13.3 Å². The predicted molar refractivity (Wildman–Crippen MR) is 61.8 cm³/mol. The molecule has 0 aromatic carbocycles. The zero-order chi connectivity index (χ0) is 11.9. The molecule has 0 aliphatic carbocycles. The second-order valence-corrected chi connectivity index (χ2v) is 6.47. The second-order valence-electron chi connectivity index (χ2n) is 3.92. The molecule has 0 aromatic rings. The Bertz CT molecular complexity index is 156. The van der Waals surface area contributed by atoms with E-state index in [2.05, 4.69) is 0 Å². The van der Waals surface area contributed by atoms with Crippen LogP contribution in [-0.4, -0.2) is 53.5 Å². The van der Waals surface area contributed by atoms with Gasteiger partial charge in [0, 0.05) is 19.8 Å². The third-order valence-corrected chi connectivity index (χ3v) is 5.08. The first-order valence-corrected chi connectivity index (χ1v) is 7.35. The highest BCUT2D eigenvalue weighted by atomic mass is 28.4. The summed E-state index contributed by atoms with van der Waals surface area (Å²) in [7, 11) is 1.22. The first kappa shape index (κ1) is 15.0. The monoisotopic (exact) mass is 237 g/mol. The zero-order valence-corrected chi connectivity index (χ0v) is 11.6. The van der Waals surface area contributed by atoms with Crippen molar-refractivity contribution in [3.63, 3.8) is 0 Å². The molecule has 0 aromatic heterocycles. The van der Waals surface area contributed by atoms with Crippen molar-refractivity contribution in [1.82, 2.24) is 0 Å². The summed E-state index contributed by atoms with van der Waals surface area (Å²) in [6.45, 7) is 7.59. The maximum absolute atomic E-state index is 5.94. The number of rotatable bonds is 8. The van der Waals surface area contributed by atoms with E-state index in [1.165, 1.54) is 0 Å². The summed E-state index contributed by atoms with van der Waals surface area (Å²) < 4.78 is 17.4. The summed E-state index contributed by atoms with van der Waals surface area (Å²) in [5, 5.41) is 0. The summed E-state index contributed by atoms with van der Waals surface area (Å²) in [5.41, 5.74) is 0. The Kier molecular flexibility index (Phi) is 6.57. The smallest absolute Gasteiger partial charge is 0.370 e. The van der Waals surface area contributed by atoms with Crippen LogP contribution < -0.4 is 5.84 Å². The van der Waals surface area contributed by atoms with Crippen molar-refractivity contribution in [2.75, 3.05) is 40.1 Å². The lowest BCUT2D eigenvalue weighted by Gasteiger charge is -2.33. The van der Waals surface area contributed by atoms with E-state index in [-0.39, 0.29) is 0 Å². The molecular formula is C9H25N2O3Si+. The number of hydrogen-bond donors (Lipinski definition) is 1. The minimum atomic E-state index is -2.58. The molecule has 5 nitrogen and oxygen atoms in total. The van der Waals surface area contributed by atoms with Crippen LogP contribution in [0.15, 0.2) is 0 Å². The lowest BCUT2D eigenvalue weighted by atomic mass is 10.9. The molecule has 0 saturated heterocycles. The van der Waals surface area contributed by atoms with Gasteiger partial charge in [-0.05, 0) is 20.8 Å². The Labute approximate surface area is 94.0 Å². The number of nitrogens with two attached hydrogens (primary N) is 1. The van der Waals surface area contributed by atoms with Gasteiger partial charge in [0.2, 0.25) is 0 Å². The topological polar surface area (TPSA) is 53.7 Å². The highest BCUT2D eigenvalue weighted by Crippen LogP contribution is 2.12. The van der Waals surface area contributed by atoms with Gasteiger partial charge in [-0.3, -0.25) is 0 Å². The molecule has 0 rings (SSSR count). The van der Waals surface area contributed by atoms with Crippen LogP contribution in [0.5, 0.6) is 0 Å². The van der Waals surface area contributed by atoms with Crippen molar-refractivity contribution in [2.24, 2.45) is 5.84 Å². The van der Waals surface area contributed by atoms with Crippen molar-refractivity contribution in [1.29, 1.82) is 0 Å². The molecule has 0 fully saturated rings. The third kappa shape index (κ3) is 6.24. The molecule has 0 amide bonds. The summed E-state index contributed by atoms with van der Waals surface area (Å²) in [6, 6.07) is 0. The van der Waals surface area contributed by atoms with Gasteiger partial charge in [0.1, 0.15) is 0 Å². The quantitative estimate of drug-likeness (QED) is 0.289. The Morgan fingerprint density at radius 1 is 0.933 bits per heavy atom. The molecule has 0 aliphatic heterocycles. The first-order valence-electron chi connectivity index (χ1n) is 5.42. The van der Waals surface area contributed by atoms with Gasteiger partial charge in [-0.1, -0.05) is 0 Å². The zero-order valence-electron chi connectivity index (χ0n) is 10.6. The lowest BCUT2D eigenvalue weighted by Crippen LogP contribution is -2.63. The van der Waals surface area contributed by atoms with E-state index in [9.17, 15) is 0 Å². The van der Waals surface area contributed by atoms with E-state index in [1.807, 2.05) is 34.9 Å². The number of hydrogen-bond acceptors (Lipinski definition) is 4. The van der Waals surface area contributed by atoms with E-state index in [0.29, 0.717) is 30.6 Å². The van der Waals surface area contributed by atoms with Gasteiger partial charge in [-0.2, -0.15) is 5.84 Å². The van der Waals surface area contributed by atoms with Crippen LogP contribution in [0.2, 0.25) is 0 Å². The van der Waals surface area contributed by atoms with Gasteiger partial charge in [-0.25, -0.2) is 4.59 Å². The first-order chi connectivity index (χ1) is 6.89. The third-order valence-electron chi connectivity index (χ3n) is 1.69. The van der Waals surface area contributed by atoms with Crippen LogP contribution >= 0.6 is 0 Å². The number of quaternary nitrogens is 1. The van der Waals surface area contributed by atoms with Gasteiger partial charge in [0.15, 0.2) is 6.17 Å². The molecule has 0 unspecified atom stereocenters. The van der Waals surface area contributed by atoms with Crippen LogP contribution in [0.25, 0.3) is 0 Å². The van der Waals surface area contributed by atoms with E-state index in [0.717, 1.165) is 0 Å². The highest BCUT2D eigenvalue weighted by Gasteiger charge is 2.47. The Morgan fingerprint density at radius 2 is 1.27 bits per heavy atom. The molecule has 0 atom stereocenters. The van der Waals surface area contributed by atoms with Crippen molar-refractivity contribution in [3.05, 3.63) is 0 Å². The van der Waals surface area contributed by atoms with Gasteiger partial charge in [-0.15, -0.1) is 0 Å². The van der Waals surface area contributed by atoms with Gasteiger partial charge >= 0.3 is 8.80 Å². The normalized spacial score (nSPS) is 13.2. The van der Waals surface area contributed by atoms with Crippen LogP contribution in [0.1, 0.15) is 20.8 Å². The maximum atomic E-state index is 5.94. The highest BCUT2D eigenvalue weighted by molar-refractivity contribution is 6.60. The predicted octanol–water partition coefficient (Wildman–Crippen LogP) is 0.524. The fourth-order valence-electron chi connectivity index (χ4n) is 1.42. The Hall–Kier alpha value is 0.0169. The lowest BCUT2D eigenvalue weighted by molar-refractivity contribution is -0.894. The van der Waals surface area contributed by atoms with Crippen molar-refractivity contribution < 1.29 is 17.9 Å². The Balaban J connectivity index is 4.60. The SMILES string of the molecule is CCO[Si](C[N+](C)(C)N)(OCC)OCC. The molecule has 6 heteroatoms. The fourth-order valence-corrected chi connectivity index (χ4v) is 4.26. The fraction of sp³-hybridized carbons (Fsp3) is 1.00. The van der Waals surface area contributed by atoms with Crippen LogP contribution in [0.3, 0.4) is 0 Å². The Morgan fingerprint density at radius 3 is 1.47 bits per heavy atom. The second kappa shape index (κ2) is 6.57. The molecular weight excluding hydrogens is 212 g/mol. The summed E-state index contributed by atoms with van der Waals surface area (Å²) >= 11 is 0. The molecule has 0 spiro atoms. The average molecular weight is 237 g/mol. The van der Waals surface area contributed by atoms with Crippen molar-refractivity contribution >= 4 is 8.80 Å². The summed E-state index contributed by atoms with van der Waals surface area (Å²) in [6.07, 6.45) is 0.586.